The molecule has 2 aromatic carbocycles. The number of anilines is 1. The van der Waals surface area contributed by atoms with Crippen LogP contribution in [0.25, 0.3) is 0 Å². The van der Waals surface area contributed by atoms with Gasteiger partial charge < -0.3 is 30.9 Å². The Morgan fingerprint density at radius 3 is 2.42 bits per heavy atom. The molecular weight excluding hydrogens is 500 g/mol. The molecule has 1 aliphatic carbocycles. The number of primary amides is 1. The third-order valence-electron chi connectivity index (χ3n) is 5.66. The number of hydrogen-bond acceptors (Lipinski definition) is 6. The zero-order valence-electron chi connectivity index (χ0n) is 19.4. The number of aliphatic carboxylic acids is 1. The van der Waals surface area contributed by atoms with Crippen molar-refractivity contribution in [1.29, 1.82) is 0 Å². The van der Waals surface area contributed by atoms with Crippen LogP contribution in [0.3, 0.4) is 0 Å². The number of carbonyl (C=O) groups is 3. The number of fused-ring (bicyclic) bond motifs is 1. The molecule has 2 aromatic rings. The second-order valence-corrected chi connectivity index (χ2v) is 8.65. The summed E-state index contributed by atoms with van der Waals surface area (Å²) in [4.78, 5) is 36.0. The molecule has 1 fully saturated rings. The van der Waals surface area contributed by atoms with Crippen LogP contribution in [-0.2, 0) is 16.1 Å². The zero-order valence-corrected chi connectivity index (χ0v) is 20.1. The predicted molar refractivity (Wildman–Crippen MR) is 127 cm³/mol. The number of amides is 2. The summed E-state index contributed by atoms with van der Waals surface area (Å²) in [6.07, 6.45) is 1.60. The fraction of sp³-hybridized carbons (Fsp3) is 0.375. The van der Waals surface area contributed by atoms with E-state index in [1.54, 1.807) is 13.0 Å². The zero-order chi connectivity index (χ0) is 26.6. The lowest BCUT2D eigenvalue weighted by molar-refractivity contribution is -0.138. The van der Waals surface area contributed by atoms with E-state index in [-0.39, 0.29) is 48.2 Å². The molecule has 0 spiro atoms. The average Bonchev–Trinajstić information content (AvgIpc) is 3.60. The number of halogens is 3. The van der Waals surface area contributed by atoms with E-state index in [1.807, 2.05) is 0 Å². The summed E-state index contributed by atoms with van der Waals surface area (Å²) in [6, 6.07) is 6.59. The van der Waals surface area contributed by atoms with Crippen LogP contribution in [0.15, 0.2) is 30.3 Å². The van der Waals surface area contributed by atoms with Gasteiger partial charge in [0.25, 0.3) is 5.91 Å². The summed E-state index contributed by atoms with van der Waals surface area (Å²) >= 11 is 6.23. The molecule has 1 aliphatic heterocycles. The van der Waals surface area contributed by atoms with Gasteiger partial charge in [-0.2, -0.15) is 8.78 Å². The Labute approximate surface area is 210 Å². The summed E-state index contributed by atoms with van der Waals surface area (Å²) < 4.78 is 35.2. The minimum atomic E-state index is -3.03. The number of rotatable bonds is 9. The smallest absolute Gasteiger partial charge is 0.387 e. The number of ether oxygens (including phenoxy) is 2. The Morgan fingerprint density at radius 1 is 1.22 bits per heavy atom. The molecule has 0 saturated heterocycles. The van der Waals surface area contributed by atoms with E-state index < -0.39 is 30.4 Å². The van der Waals surface area contributed by atoms with Gasteiger partial charge in [-0.3, -0.25) is 14.4 Å². The summed E-state index contributed by atoms with van der Waals surface area (Å²) in [5.41, 5.74) is 12.9. The molecule has 0 bridgehead atoms. The highest BCUT2D eigenvalue weighted by Gasteiger charge is 2.37. The fourth-order valence-corrected chi connectivity index (χ4v) is 4.02. The maximum atomic E-state index is 13.1. The monoisotopic (exact) mass is 525 g/mol. The lowest BCUT2D eigenvalue weighted by Gasteiger charge is -2.28. The molecule has 2 amide bonds. The van der Waals surface area contributed by atoms with Gasteiger partial charge in [-0.1, -0.05) is 17.7 Å². The first-order chi connectivity index (χ1) is 17.0. The molecule has 194 valence electrons. The first-order valence-corrected chi connectivity index (χ1v) is 11.5. The Morgan fingerprint density at radius 2 is 1.92 bits per heavy atom. The molecule has 0 aromatic heterocycles. The van der Waals surface area contributed by atoms with Gasteiger partial charge in [0.1, 0.15) is 0 Å². The van der Waals surface area contributed by atoms with Gasteiger partial charge >= 0.3 is 12.6 Å². The molecule has 5 N–H and O–H groups in total. The number of carbonyl (C=O) groups excluding carboxylic acids is 2. The van der Waals surface area contributed by atoms with Crippen LogP contribution in [0.1, 0.15) is 53.7 Å². The number of carboxylic acid groups (broad SMARTS) is 1. The quantitative estimate of drug-likeness (QED) is 0.420. The molecule has 1 saturated carbocycles. The number of alkyl halides is 2. The minimum Gasteiger partial charge on any atom is -0.490 e. The molecule has 2 aliphatic rings. The molecule has 1 atom stereocenters. The number of benzene rings is 2. The molecule has 4 rings (SSSR count). The lowest BCUT2D eigenvalue weighted by atomic mass is 10.0. The third kappa shape index (κ3) is 6.34. The normalized spacial score (nSPS) is 15.1. The van der Waals surface area contributed by atoms with Gasteiger partial charge in [-0.15, -0.1) is 0 Å². The van der Waals surface area contributed by atoms with Crippen LogP contribution in [0, 0.1) is 5.92 Å². The Hall–Kier alpha value is -3.60. The van der Waals surface area contributed by atoms with Gasteiger partial charge in [0, 0.05) is 22.8 Å². The number of nitrogens with two attached hydrogens (primary N) is 2. The summed E-state index contributed by atoms with van der Waals surface area (Å²) in [7, 11) is 0. The molecule has 0 radical (unpaired) electrons. The van der Waals surface area contributed by atoms with Crippen LogP contribution < -0.4 is 20.9 Å². The van der Waals surface area contributed by atoms with Crippen molar-refractivity contribution in [3.05, 3.63) is 52.0 Å². The van der Waals surface area contributed by atoms with Crippen LogP contribution in [0.2, 0.25) is 5.02 Å². The second kappa shape index (κ2) is 11.4. The highest BCUT2D eigenvalue weighted by Crippen LogP contribution is 2.41. The van der Waals surface area contributed by atoms with Crippen molar-refractivity contribution >= 4 is 35.1 Å². The van der Waals surface area contributed by atoms with Crippen LogP contribution in [0.5, 0.6) is 11.5 Å². The largest absolute Gasteiger partial charge is 0.490 e. The van der Waals surface area contributed by atoms with Gasteiger partial charge in [0.2, 0.25) is 5.91 Å². The molecule has 1 heterocycles. The topological polar surface area (TPSA) is 145 Å². The molecule has 1 unspecified atom stereocenters. The molecule has 9 nitrogen and oxygen atoms in total. The lowest BCUT2D eigenvalue weighted by Crippen LogP contribution is -2.32. The van der Waals surface area contributed by atoms with E-state index in [4.69, 9.17) is 32.9 Å². The van der Waals surface area contributed by atoms with Crippen molar-refractivity contribution in [2.45, 2.75) is 45.4 Å². The van der Waals surface area contributed by atoms with E-state index in [1.165, 1.54) is 29.2 Å². The number of nitrogen functional groups attached to an aromatic ring is 1. The van der Waals surface area contributed by atoms with E-state index in [0.717, 1.165) is 12.8 Å². The predicted octanol–water partition coefficient (Wildman–Crippen LogP) is 3.98. The van der Waals surface area contributed by atoms with Crippen molar-refractivity contribution in [3.8, 4) is 11.5 Å². The van der Waals surface area contributed by atoms with Crippen LogP contribution >= 0.6 is 11.6 Å². The summed E-state index contributed by atoms with van der Waals surface area (Å²) in [5, 5.41) is 8.43. The highest BCUT2D eigenvalue weighted by molar-refractivity contribution is 6.32. The van der Waals surface area contributed by atoms with Gasteiger partial charge in [0.15, 0.2) is 11.5 Å². The third-order valence-corrected chi connectivity index (χ3v) is 6.01. The summed E-state index contributed by atoms with van der Waals surface area (Å²) in [6.45, 7) is -1.03. The van der Waals surface area contributed by atoms with Crippen LogP contribution in [-0.4, -0.2) is 41.0 Å². The average molecular weight is 526 g/mol. The van der Waals surface area contributed by atoms with Crippen molar-refractivity contribution in [3.63, 3.8) is 0 Å². The molecular formula is C24H26ClF2N3O6. The number of nitrogens with zero attached hydrogens (tertiary/aromatic N) is 1. The molecule has 12 heteroatoms. The fourth-order valence-electron chi connectivity index (χ4n) is 3.81. The maximum absolute atomic E-state index is 13.1. The Balaban J connectivity index is 0.000000526. The number of carboxylic acids is 1. The standard InChI is InChI=1S/C20H20ClF2N3O4.C4H6O2/c1-2-29-16-7-10(3-6-15(16)30-20(22)23)14(8-17(25)27)26-9-11-12(21)4-5-13(24)18(11)19(26)28;5-4(6)3-1-2-3/h3-7,14,20H,2,8-9,24H2,1H3,(H2,25,27);3H,1-2H2,(H,5,6). The Bertz CT molecular complexity index is 1160. The van der Waals surface area contributed by atoms with Crippen molar-refractivity contribution in [1.82, 2.24) is 4.90 Å². The van der Waals surface area contributed by atoms with E-state index in [9.17, 15) is 23.2 Å². The van der Waals surface area contributed by atoms with Gasteiger partial charge in [0.05, 0.1) is 30.6 Å². The maximum Gasteiger partial charge on any atom is 0.387 e. The van der Waals surface area contributed by atoms with Crippen molar-refractivity contribution in [2.75, 3.05) is 12.3 Å². The highest BCUT2D eigenvalue weighted by atomic mass is 35.5. The first kappa shape index (κ1) is 27.0. The van der Waals surface area contributed by atoms with E-state index in [2.05, 4.69) is 4.74 Å². The summed E-state index contributed by atoms with van der Waals surface area (Å²) in [5.74, 6) is -1.75. The van der Waals surface area contributed by atoms with Crippen LogP contribution in [0.4, 0.5) is 14.5 Å². The van der Waals surface area contributed by atoms with Gasteiger partial charge in [-0.25, -0.2) is 0 Å². The van der Waals surface area contributed by atoms with E-state index in [0.29, 0.717) is 16.1 Å². The Kier molecular flexibility index (Phi) is 8.57. The van der Waals surface area contributed by atoms with Crippen molar-refractivity contribution in [2.24, 2.45) is 11.7 Å². The number of hydrogen-bond donors (Lipinski definition) is 3. The van der Waals surface area contributed by atoms with E-state index >= 15 is 0 Å². The first-order valence-electron chi connectivity index (χ1n) is 11.1. The van der Waals surface area contributed by atoms with Crippen molar-refractivity contribution < 1.29 is 37.7 Å². The molecule has 36 heavy (non-hydrogen) atoms. The van der Waals surface area contributed by atoms with Gasteiger partial charge in [-0.05, 0) is 49.6 Å². The minimum absolute atomic E-state index is 0.0185. The SMILES string of the molecule is CCOc1cc(C(CC(N)=O)N2Cc3c(Cl)ccc(N)c3C2=O)ccc1OC(F)F.O=C(O)C1CC1. The second-order valence-electron chi connectivity index (χ2n) is 8.24.